The van der Waals surface area contributed by atoms with E-state index in [0.29, 0.717) is 6.04 Å². The Hall–Kier alpha value is -1.26. The van der Waals surface area contributed by atoms with Crippen molar-refractivity contribution < 1.29 is 9.47 Å². The zero-order valence-corrected chi connectivity index (χ0v) is 11.2. The average molecular weight is 250 g/mol. The van der Waals surface area contributed by atoms with Gasteiger partial charge in [-0.1, -0.05) is 6.07 Å². The van der Waals surface area contributed by atoms with Crippen molar-refractivity contribution in [3.8, 4) is 11.5 Å². The number of hydrogen-bond acceptors (Lipinski definition) is 4. The second kappa shape index (κ2) is 6.61. The maximum atomic E-state index is 5.30. The molecule has 0 radical (unpaired) electrons. The molecule has 1 aromatic rings. The Morgan fingerprint density at radius 2 is 2.11 bits per heavy atom. The van der Waals surface area contributed by atoms with Crippen LogP contribution in [0, 0.1) is 0 Å². The number of methoxy groups -OCH3 is 2. The second-order valence-electron chi connectivity index (χ2n) is 4.58. The fourth-order valence-corrected chi connectivity index (χ4v) is 2.29. The Labute approximate surface area is 109 Å². The topological polar surface area (TPSA) is 42.5 Å². The van der Waals surface area contributed by atoms with Gasteiger partial charge in [-0.2, -0.15) is 0 Å². The van der Waals surface area contributed by atoms with Gasteiger partial charge in [-0.3, -0.25) is 0 Å². The average Bonchev–Trinajstić information content (AvgIpc) is 2.91. The molecule has 1 aliphatic rings. The molecule has 2 N–H and O–H groups in total. The lowest BCUT2D eigenvalue weighted by atomic mass is 10.1. The molecular weight excluding hydrogens is 228 g/mol. The highest BCUT2D eigenvalue weighted by Gasteiger charge is 2.12. The van der Waals surface area contributed by atoms with E-state index >= 15 is 0 Å². The van der Waals surface area contributed by atoms with E-state index in [1.807, 2.05) is 12.1 Å². The molecule has 1 heterocycles. The summed E-state index contributed by atoms with van der Waals surface area (Å²) in [6.45, 7) is 3.22. The Bertz CT molecular complexity index is 376. The predicted molar refractivity (Wildman–Crippen MR) is 72.5 cm³/mol. The van der Waals surface area contributed by atoms with E-state index in [1.165, 1.54) is 12.0 Å². The quantitative estimate of drug-likeness (QED) is 0.796. The summed E-state index contributed by atoms with van der Waals surface area (Å²) in [5.74, 6) is 1.59. The fourth-order valence-electron chi connectivity index (χ4n) is 2.29. The molecule has 1 aromatic carbocycles. The molecule has 18 heavy (non-hydrogen) atoms. The van der Waals surface area contributed by atoms with Crippen LogP contribution in [-0.2, 0) is 6.42 Å². The maximum absolute atomic E-state index is 5.30. The third-order valence-corrected chi connectivity index (χ3v) is 3.35. The Morgan fingerprint density at radius 1 is 1.28 bits per heavy atom. The van der Waals surface area contributed by atoms with Gasteiger partial charge in [0.05, 0.1) is 14.2 Å². The molecule has 0 spiro atoms. The summed E-state index contributed by atoms with van der Waals surface area (Å²) in [5.41, 5.74) is 1.27. The number of ether oxygens (including phenoxy) is 2. The Kier molecular flexibility index (Phi) is 4.84. The molecule has 0 bridgehead atoms. The van der Waals surface area contributed by atoms with Gasteiger partial charge >= 0.3 is 0 Å². The van der Waals surface area contributed by atoms with E-state index < -0.39 is 0 Å². The van der Waals surface area contributed by atoms with E-state index in [-0.39, 0.29) is 0 Å². The lowest BCUT2D eigenvalue weighted by molar-refractivity contribution is 0.354. The second-order valence-corrected chi connectivity index (χ2v) is 4.58. The van der Waals surface area contributed by atoms with Crippen LogP contribution < -0.4 is 20.1 Å². The molecular formula is C14H22N2O2. The lowest BCUT2D eigenvalue weighted by Crippen LogP contribution is -2.32. The normalized spacial score (nSPS) is 18.9. The molecule has 1 atom stereocenters. The van der Waals surface area contributed by atoms with Gasteiger partial charge in [0, 0.05) is 12.6 Å². The zero-order valence-electron chi connectivity index (χ0n) is 11.2. The SMILES string of the molecule is COc1ccc(CCNC2CCNC2)cc1OC. The summed E-state index contributed by atoms with van der Waals surface area (Å²) in [4.78, 5) is 0. The third kappa shape index (κ3) is 3.37. The van der Waals surface area contributed by atoms with Crippen LogP contribution in [0.25, 0.3) is 0 Å². The minimum Gasteiger partial charge on any atom is -0.493 e. The van der Waals surface area contributed by atoms with Crippen molar-refractivity contribution in [2.45, 2.75) is 18.9 Å². The van der Waals surface area contributed by atoms with Gasteiger partial charge in [0.15, 0.2) is 11.5 Å². The van der Waals surface area contributed by atoms with Gasteiger partial charge in [-0.15, -0.1) is 0 Å². The van der Waals surface area contributed by atoms with Crippen molar-refractivity contribution in [3.05, 3.63) is 23.8 Å². The largest absolute Gasteiger partial charge is 0.493 e. The van der Waals surface area contributed by atoms with Gasteiger partial charge in [0.25, 0.3) is 0 Å². The van der Waals surface area contributed by atoms with Crippen LogP contribution in [-0.4, -0.2) is 39.9 Å². The first kappa shape index (κ1) is 13.2. The number of nitrogens with one attached hydrogen (secondary N) is 2. The Balaban J connectivity index is 1.84. The summed E-state index contributed by atoms with van der Waals surface area (Å²) in [6.07, 6.45) is 2.24. The molecule has 1 fully saturated rings. The maximum Gasteiger partial charge on any atom is 0.160 e. The molecule has 0 aromatic heterocycles. The van der Waals surface area contributed by atoms with E-state index in [0.717, 1.165) is 37.6 Å². The van der Waals surface area contributed by atoms with Crippen molar-refractivity contribution >= 4 is 0 Å². The van der Waals surface area contributed by atoms with Crippen LogP contribution >= 0.6 is 0 Å². The molecule has 4 heteroatoms. The molecule has 1 saturated heterocycles. The van der Waals surface area contributed by atoms with Crippen LogP contribution in [0.3, 0.4) is 0 Å². The van der Waals surface area contributed by atoms with Gasteiger partial charge in [0.1, 0.15) is 0 Å². The van der Waals surface area contributed by atoms with Crippen LogP contribution in [0.5, 0.6) is 11.5 Å². The van der Waals surface area contributed by atoms with Crippen LogP contribution in [0.15, 0.2) is 18.2 Å². The van der Waals surface area contributed by atoms with E-state index in [4.69, 9.17) is 9.47 Å². The molecule has 1 aliphatic heterocycles. The van der Waals surface area contributed by atoms with Gasteiger partial charge in [-0.25, -0.2) is 0 Å². The number of rotatable bonds is 6. The summed E-state index contributed by atoms with van der Waals surface area (Å²) >= 11 is 0. The minimum absolute atomic E-state index is 0.630. The molecule has 2 rings (SSSR count). The van der Waals surface area contributed by atoms with Crippen molar-refractivity contribution in [3.63, 3.8) is 0 Å². The molecule has 4 nitrogen and oxygen atoms in total. The van der Waals surface area contributed by atoms with Crippen molar-refractivity contribution in [1.82, 2.24) is 10.6 Å². The smallest absolute Gasteiger partial charge is 0.160 e. The standard InChI is InChI=1S/C14H22N2O2/c1-17-13-4-3-11(9-14(13)18-2)5-8-16-12-6-7-15-10-12/h3-4,9,12,15-16H,5-8,10H2,1-2H3. The van der Waals surface area contributed by atoms with Crippen molar-refractivity contribution in [2.24, 2.45) is 0 Å². The third-order valence-electron chi connectivity index (χ3n) is 3.35. The highest BCUT2D eigenvalue weighted by Crippen LogP contribution is 2.27. The van der Waals surface area contributed by atoms with Crippen molar-refractivity contribution in [2.75, 3.05) is 33.9 Å². The number of benzene rings is 1. The van der Waals surface area contributed by atoms with Crippen molar-refractivity contribution in [1.29, 1.82) is 0 Å². The van der Waals surface area contributed by atoms with E-state index in [2.05, 4.69) is 16.7 Å². The monoisotopic (exact) mass is 250 g/mol. The molecule has 100 valence electrons. The van der Waals surface area contributed by atoms with Gasteiger partial charge in [0.2, 0.25) is 0 Å². The fraction of sp³-hybridized carbons (Fsp3) is 0.571. The van der Waals surface area contributed by atoms with Crippen LogP contribution in [0.2, 0.25) is 0 Å². The first-order chi connectivity index (χ1) is 8.83. The van der Waals surface area contributed by atoms with E-state index in [1.54, 1.807) is 14.2 Å². The minimum atomic E-state index is 0.630. The zero-order chi connectivity index (χ0) is 12.8. The first-order valence-corrected chi connectivity index (χ1v) is 6.48. The first-order valence-electron chi connectivity index (χ1n) is 6.48. The lowest BCUT2D eigenvalue weighted by Gasteiger charge is -2.12. The summed E-state index contributed by atoms with van der Waals surface area (Å²) in [6, 6.07) is 6.74. The van der Waals surface area contributed by atoms with E-state index in [9.17, 15) is 0 Å². The highest BCUT2D eigenvalue weighted by molar-refractivity contribution is 5.42. The number of hydrogen-bond donors (Lipinski definition) is 2. The highest BCUT2D eigenvalue weighted by atomic mass is 16.5. The molecule has 0 amide bonds. The van der Waals surface area contributed by atoms with Crippen LogP contribution in [0.4, 0.5) is 0 Å². The summed E-state index contributed by atoms with van der Waals surface area (Å²) in [7, 11) is 3.33. The Morgan fingerprint density at radius 3 is 2.78 bits per heavy atom. The van der Waals surface area contributed by atoms with Gasteiger partial charge in [-0.05, 0) is 43.6 Å². The predicted octanol–water partition coefficient (Wildman–Crippen LogP) is 1.20. The van der Waals surface area contributed by atoms with Crippen LogP contribution in [0.1, 0.15) is 12.0 Å². The molecule has 0 aliphatic carbocycles. The summed E-state index contributed by atoms with van der Waals surface area (Å²) in [5, 5.41) is 6.92. The van der Waals surface area contributed by atoms with Gasteiger partial charge < -0.3 is 20.1 Å². The molecule has 0 saturated carbocycles. The molecule has 1 unspecified atom stereocenters. The summed E-state index contributed by atoms with van der Waals surface area (Å²) < 4.78 is 10.5.